The van der Waals surface area contributed by atoms with Crippen molar-refractivity contribution in [2.75, 3.05) is 18.5 Å². The lowest BCUT2D eigenvalue weighted by atomic mass is 9.92. The SMILES string of the molecule is CC[C@@H]1C[C@@H](Oc2cc(F)c(S(=O)(=O)N(Cc3ccc(OC)cc3OC)c3nccs3)cc2Cl)C[C@H](C)N1C(=O)OC(C)(C)C. The standard InChI is InChI=1S/C31H39ClFN3O7S2/c1-8-21-14-23(13-19(2)36(21)30(37)43-31(3,4)5)42-27-17-25(33)28(16-24(27)32)45(38,39)35(29-34-11-12-44-29)18-20-9-10-22(40-6)15-26(20)41-7/h9-12,15-17,19,21,23H,8,13-14,18H2,1-7H3/t19-,21+,23-/m0/s1. The van der Waals surface area contributed by atoms with Crippen LogP contribution in [0.1, 0.15) is 59.4 Å². The molecule has 3 atom stereocenters. The van der Waals surface area contributed by atoms with Gasteiger partial charge in [0, 0.05) is 54.2 Å². The molecule has 10 nitrogen and oxygen atoms in total. The van der Waals surface area contributed by atoms with Crippen LogP contribution in [0.15, 0.2) is 46.8 Å². The van der Waals surface area contributed by atoms with E-state index in [0.717, 1.165) is 27.8 Å². The molecule has 1 aliphatic rings. The summed E-state index contributed by atoms with van der Waals surface area (Å²) in [5, 5.41) is 1.70. The highest BCUT2D eigenvalue weighted by atomic mass is 35.5. The van der Waals surface area contributed by atoms with Crippen molar-refractivity contribution in [3.63, 3.8) is 0 Å². The van der Waals surface area contributed by atoms with Crippen molar-refractivity contribution in [3.05, 3.63) is 58.3 Å². The van der Waals surface area contributed by atoms with Crippen LogP contribution in [0.2, 0.25) is 5.02 Å². The Balaban J connectivity index is 1.60. The molecule has 246 valence electrons. The van der Waals surface area contributed by atoms with Crippen LogP contribution in [0.4, 0.5) is 14.3 Å². The van der Waals surface area contributed by atoms with Gasteiger partial charge in [0.1, 0.15) is 39.7 Å². The number of ether oxygens (including phenoxy) is 4. The van der Waals surface area contributed by atoms with E-state index < -0.39 is 38.5 Å². The molecule has 1 amide bonds. The largest absolute Gasteiger partial charge is 0.497 e. The van der Waals surface area contributed by atoms with Gasteiger partial charge < -0.3 is 23.8 Å². The normalized spacial score (nSPS) is 18.8. The smallest absolute Gasteiger partial charge is 0.410 e. The van der Waals surface area contributed by atoms with Crippen LogP contribution < -0.4 is 18.5 Å². The highest BCUT2D eigenvalue weighted by Crippen LogP contribution is 2.38. The molecule has 4 rings (SSSR count). The number of thiazole rings is 1. The maximum atomic E-state index is 15.7. The number of benzene rings is 2. The number of hydrogen-bond donors (Lipinski definition) is 0. The van der Waals surface area contributed by atoms with Crippen molar-refractivity contribution in [3.8, 4) is 17.2 Å². The lowest BCUT2D eigenvalue weighted by Gasteiger charge is -2.43. The Kier molecular flexibility index (Phi) is 10.8. The van der Waals surface area contributed by atoms with Gasteiger partial charge in [-0.3, -0.25) is 0 Å². The molecule has 1 aromatic heterocycles. The van der Waals surface area contributed by atoms with Gasteiger partial charge >= 0.3 is 6.09 Å². The third-order valence-corrected chi connectivity index (χ3v) is 10.3. The first kappa shape index (κ1) is 34.6. The van der Waals surface area contributed by atoms with E-state index in [4.69, 9.17) is 30.5 Å². The fourth-order valence-electron chi connectivity index (χ4n) is 5.30. The summed E-state index contributed by atoms with van der Waals surface area (Å²) in [4.78, 5) is 18.2. The minimum absolute atomic E-state index is 0.0171. The number of amides is 1. The summed E-state index contributed by atoms with van der Waals surface area (Å²) >= 11 is 7.64. The molecular formula is C31H39ClFN3O7S2. The number of hydrogen-bond acceptors (Lipinski definition) is 9. The molecule has 2 heterocycles. The molecule has 3 aromatic rings. The van der Waals surface area contributed by atoms with Gasteiger partial charge in [-0.25, -0.2) is 26.9 Å². The number of sulfonamides is 1. The average molecular weight is 684 g/mol. The summed E-state index contributed by atoms with van der Waals surface area (Å²) in [7, 11) is -1.53. The quantitative estimate of drug-likeness (QED) is 0.219. The van der Waals surface area contributed by atoms with E-state index in [-0.39, 0.29) is 34.5 Å². The second-order valence-electron chi connectivity index (χ2n) is 11.7. The molecule has 0 saturated carbocycles. The van der Waals surface area contributed by atoms with Crippen molar-refractivity contribution in [1.82, 2.24) is 9.88 Å². The predicted octanol–water partition coefficient (Wildman–Crippen LogP) is 7.29. The average Bonchev–Trinajstić information content (AvgIpc) is 3.50. The Bertz CT molecular complexity index is 1600. The Labute approximate surface area is 273 Å². The van der Waals surface area contributed by atoms with Crippen LogP contribution in [0.25, 0.3) is 0 Å². The molecule has 14 heteroatoms. The van der Waals surface area contributed by atoms with Crippen LogP contribution in [0.3, 0.4) is 0 Å². The van der Waals surface area contributed by atoms with Gasteiger partial charge in [-0.15, -0.1) is 11.3 Å². The maximum Gasteiger partial charge on any atom is 0.410 e. The van der Waals surface area contributed by atoms with Crippen LogP contribution in [-0.2, 0) is 21.3 Å². The number of rotatable bonds is 10. The van der Waals surface area contributed by atoms with E-state index in [2.05, 4.69) is 4.98 Å². The van der Waals surface area contributed by atoms with Gasteiger partial charge in [0.15, 0.2) is 5.13 Å². The van der Waals surface area contributed by atoms with Gasteiger partial charge in [-0.05, 0) is 52.3 Å². The summed E-state index contributed by atoms with van der Waals surface area (Å²) in [5.74, 6) is -0.0824. The highest BCUT2D eigenvalue weighted by molar-refractivity contribution is 7.93. The highest BCUT2D eigenvalue weighted by Gasteiger charge is 2.39. The van der Waals surface area contributed by atoms with Crippen molar-refractivity contribution in [2.45, 2.75) is 89.1 Å². The number of likely N-dealkylation sites (tertiary alicyclic amines) is 1. The van der Waals surface area contributed by atoms with Crippen molar-refractivity contribution >= 4 is 44.2 Å². The summed E-state index contributed by atoms with van der Waals surface area (Å²) < 4.78 is 67.2. The number of aromatic nitrogens is 1. The first-order chi connectivity index (χ1) is 21.2. The minimum Gasteiger partial charge on any atom is -0.497 e. The van der Waals surface area contributed by atoms with Crippen molar-refractivity contribution < 1.29 is 36.6 Å². The molecule has 0 unspecified atom stereocenters. The van der Waals surface area contributed by atoms with Gasteiger partial charge in [-0.2, -0.15) is 0 Å². The van der Waals surface area contributed by atoms with E-state index in [1.165, 1.54) is 20.4 Å². The predicted molar refractivity (Wildman–Crippen MR) is 172 cm³/mol. The molecule has 1 aliphatic heterocycles. The monoisotopic (exact) mass is 683 g/mol. The van der Waals surface area contributed by atoms with Gasteiger partial charge in [0.05, 0.1) is 25.8 Å². The third kappa shape index (κ3) is 7.93. The summed E-state index contributed by atoms with van der Waals surface area (Å²) in [5.41, 5.74) is -0.119. The van der Waals surface area contributed by atoms with E-state index in [1.807, 2.05) is 34.6 Å². The number of anilines is 1. The Hall–Kier alpha value is -3.29. The summed E-state index contributed by atoms with van der Waals surface area (Å²) in [6.45, 7) is 9.14. The van der Waals surface area contributed by atoms with E-state index in [9.17, 15) is 13.2 Å². The van der Waals surface area contributed by atoms with E-state index in [0.29, 0.717) is 36.3 Å². The Morgan fingerprint density at radius 1 is 1.16 bits per heavy atom. The molecule has 0 radical (unpaired) electrons. The lowest BCUT2D eigenvalue weighted by molar-refractivity contribution is -0.0222. The Morgan fingerprint density at radius 3 is 2.49 bits per heavy atom. The van der Waals surface area contributed by atoms with Crippen molar-refractivity contribution in [1.29, 1.82) is 0 Å². The van der Waals surface area contributed by atoms with E-state index in [1.54, 1.807) is 28.5 Å². The number of piperidine rings is 1. The van der Waals surface area contributed by atoms with Crippen molar-refractivity contribution in [2.24, 2.45) is 0 Å². The fourth-order valence-corrected chi connectivity index (χ4v) is 7.91. The molecule has 1 fully saturated rings. The molecule has 0 spiro atoms. The van der Waals surface area contributed by atoms with Gasteiger partial charge in [0.2, 0.25) is 0 Å². The molecule has 2 aromatic carbocycles. The molecule has 45 heavy (non-hydrogen) atoms. The minimum atomic E-state index is -4.50. The Morgan fingerprint density at radius 2 is 1.89 bits per heavy atom. The summed E-state index contributed by atoms with van der Waals surface area (Å²) in [6, 6.07) is 6.65. The molecule has 0 N–H and O–H groups in total. The zero-order valence-corrected chi connectivity index (χ0v) is 28.8. The molecule has 0 aliphatic carbocycles. The summed E-state index contributed by atoms with van der Waals surface area (Å²) in [6.07, 6.45) is 2.27. The number of carbonyl (C=O) groups excluding carboxylic acids is 1. The number of carbonyl (C=O) groups is 1. The zero-order chi connectivity index (χ0) is 33.1. The number of halogens is 2. The molecule has 1 saturated heterocycles. The first-order valence-electron chi connectivity index (χ1n) is 14.5. The molecule has 0 bridgehead atoms. The van der Waals surface area contributed by atoms with Crippen LogP contribution in [0, 0.1) is 5.82 Å². The second kappa shape index (κ2) is 14.0. The number of nitrogens with zero attached hydrogens (tertiary/aromatic N) is 3. The van der Waals surface area contributed by atoms with Crippen LogP contribution in [0.5, 0.6) is 17.2 Å². The molecular weight excluding hydrogens is 645 g/mol. The zero-order valence-electron chi connectivity index (χ0n) is 26.4. The lowest BCUT2D eigenvalue weighted by Crippen LogP contribution is -2.54. The third-order valence-electron chi connectivity index (χ3n) is 7.37. The second-order valence-corrected chi connectivity index (χ2v) is 14.8. The van der Waals surface area contributed by atoms with Gasteiger partial charge in [-0.1, -0.05) is 18.5 Å². The first-order valence-corrected chi connectivity index (χ1v) is 17.2. The topological polar surface area (TPSA) is 108 Å². The van der Waals surface area contributed by atoms with Crippen LogP contribution >= 0.6 is 22.9 Å². The fraction of sp³-hybridized carbons (Fsp3) is 0.484. The van der Waals surface area contributed by atoms with E-state index >= 15 is 4.39 Å². The maximum absolute atomic E-state index is 15.7. The number of methoxy groups -OCH3 is 2. The van der Waals surface area contributed by atoms with Crippen LogP contribution in [-0.4, -0.2) is 62.4 Å². The van der Waals surface area contributed by atoms with Gasteiger partial charge in [0.25, 0.3) is 10.0 Å².